The molecule has 0 spiro atoms. The van der Waals surface area contributed by atoms with Crippen LogP contribution in [0.4, 0.5) is 0 Å². The smallest absolute Gasteiger partial charge is 0.497 e. The highest BCUT2D eigenvalue weighted by Gasteiger charge is 2.55. The van der Waals surface area contributed by atoms with Crippen molar-refractivity contribution in [1.29, 1.82) is 0 Å². The zero-order chi connectivity index (χ0) is 44.5. The lowest BCUT2D eigenvalue weighted by molar-refractivity contribution is -0.147. The molecule has 8 rings (SSSR count). The van der Waals surface area contributed by atoms with Crippen molar-refractivity contribution < 1.29 is 50.5 Å². The molecular formula is C46H49N4O11PS. The number of hydrogen-bond donors (Lipinski definition) is 1. The summed E-state index contributed by atoms with van der Waals surface area (Å²) in [6.07, 6.45) is 5.44. The monoisotopic (exact) mass is 896 g/mol. The minimum Gasteiger partial charge on any atom is -0.497 e. The molecule has 17 heteroatoms. The average Bonchev–Trinajstić information content (AvgIpc) is 4.00. The Morgan fingerprint density at radius 2 is 1.38 bits per heavy atom. The lowest BCUT2D eigenvalue weighted by Gasteiger charge is -2.41. The Morgan fingerprint density at radius 3 is 1.92 bits per heavy atom. The topological polar surface area (TPSA) is 180 Å². The van der Waals surface area contributed by atoms with Crippen LogP contribution in [0.1, 0.15) is 87.5 Å². The largest absolute Gasteiger partial charge is 0.592 e. The molecule has 0 atom stereocenters. The maximum Gasteiger partial charge on any atom is 0.592 e. The first-order chi connectivity index (χ1) is 30.2. The maximum atomic E-state index is 14.6. The minimum absolute atomic E-state index is 0.00783. The highest BCUT2D eigenvalue weighted by molar-refractivity contribution is 7.87. The summed E-state index contributed by atoms with van der Waals surface area (Å²) in [4.78, 5) is 55.8. The van der Waals surface area contributed by atoms with Gasteiger partial charge in [-0.25, -0.2) is 18.9 Å². The summed E-state index contributed by atoms with van der Waals surface area (Å²) in [6, 6.07) is 28.6. The number of phosphoric acid groups is 1. The molecule has 1 N–H and O–H groups in total. The Hall–Kier alpha value is -5.80. The van der Waals surface area contributed by atoms with Gasteiger partial charge in [0.1, 0.15) is 11.9 Å². The predicted molar refractivity (Wildman–Crippen MR) is 234 cm³/mol. The SMILES string of the molecule is COc1ccc(-c2c(C3CCCCC3)c3ccc(C(=O)NS(=O)(=O)N(C)C)cc3n2CC2(C(=O)N3CC(OP(=O)(OC(=O)c4ccccc4)OC(=O)c4ccccc4)C3)CC2)cc1. The number of ether oxygens (including phenoxy) is 1. The summed E-state index contributed by atoms with van der Waals surface area (Å²) in [5, 5.41) is 0.922. The van der Waals surface area contributed by atoms with Gasteiger partial charge < -0.3 is 23.3 Å². The van der Waals surface area contributed by atoms with Crippen LogP contribution in [0.25, 0.3) is 22.2 Å². The van der Waals surface area contributed by atoms with Crippen molar-refractivity contribution in [3.05, 3.63) is 125 Å². The molecule has 5 aromatic rings. The molecule has 2 amide bonds. The van der Waals surface area contributed by atoms with Crippen LogP contribution in [0.2, 0.25) is 0 Å². The molecule has 1 aromatic heterocycles. The standard InChI is InChI=1S/C46H49N4O11PS/c1-48(2)63(56,57)47-42(51)35-21-24-38-39(27-35)50(41(32-19-22-36(58-3)23-20-32)40(38)31-13-7-4-8-14-31)30-46(25-26-46)45(54)49-28-37(29-49)59-62(55,60-43(52)33-15-9-5-10-16-33)61-44(53)34-17-11-6-12-18-34/h5-6,9-12,15-24,27,31,37H,4,7-8,13-14,25-26,28-30H2,1-3H3,(H,47,51). The van der Waals surface area contributed by atoms with E-state index in [1.54, 1.807) is 60.5 Å². The van der Waals surface area contributed by atoms with Gasteiger partial charge >= 0.3 is 30.0 Å². The van der Waals surface area contributed by atoms with Crippen LogP contribution in [0.5, 0.6) is 5.75 Å². The first-order valence-corrected chi connectivity index (χ1v) is 23.8. The lowest BCUT2D eigenvalue weighted by Crippen LogP contribution is -2.57. The average molecular weight is 897 g/mol. The zero-order valence-electron chi connectivity index (χ0n) is 35.2. The Kier molecular flexibility index (Phi) is 12.4. The van der Waals surface area contributed by atoms with Crippen molar-refractivity contribution in [2.45, 2.75) is 63.5 Å². The Balaban J connectivity index is 1.09. The molecule has 2 saturated carbocycles. The van der Waals surface area contributed by atoms with Crippen LogP contribution in [0.3, 0.4) is 0 Å². The predicted octanol–water partition coefficient (Wildman–Crippen LogP) is 7.73. The number of likely N-dealkylation sites (tertiary alicyclic amines) is 1. The quantitative estimate of drug-likeness (QED) is 0.102. The van der Waals surface area contributed by atoms with Crippen molar-refractivity contribution in [1.82, 2.24) is 18.5 Å². The van der Waals surface area contributed by atoms with Gasteiger partial charge in [0, 0.05) is 50.2 Å². The highest BCUT2D eigenvalue weighted by Crippen LogP contribution is 2.55. The number of nitrogens with one attached hydrogen (secondary N) is 1. The van der Waals surface area contributed by atoms with E-state index >= 15 is 0 Å². The number of benzene rings is 4. The lowest BCUT2D eigenvalue weighted by atomic mass is 9.81. The highest BCUT2D eigenvalue weighted by atomic mass is 32.2. The molecule has 0 radical (unpaired) electrons. The van der Waals surface area contributed by atoms with Crippen molar-refractivity contribution >= 4 is 52.7 Å². The van der Waals surface area contributed by atoms with E-state index in [-0.39, 0.29) is 48.1 Å². The molecule has 1 saturated heterocycles. The third-order valence-electron chi connectivity index (χ3n) is 12.0. The molecule has 63 heavy (non-hydrogen) atoms. The van der Waals surface area contributed by atoms with Gasteiger partial charge in [-0.05, 0) is 103 Å². The number of nitrogens with zero attached hydrogens (tertiary/aromatic N) is 3. The maximum absolute atomic E-state index is 14.6. The fourth-order valence-electron chi connectivity index (χ4n) is 8.41. The third kappa shape index (κ3) is 9.31. The van der Waals surface area contributed by atoms with Crippen molar-refractivity contribution in [2.24, 2.45) is 5.41 Å². The molecule has 3 aliphatic rings. The van der Waals surface area contributed by atoms with Crippen molar-refractivity contribution in [2.75, 3.05) is 34.3 Å². The Bertz CT molecular complexity index is 2630. The second kappa shape index (κ2) is 17.8. The zero-order valence-corrected chi connectivity index (χ0v) is 36.9. The van der Waals surface area contributed by atoms with Gasteiger partial charge in [-0.2, -0.15) is 12.7 Å². The summed E-state index contributed by atoms with van der Waals surface area (Å²) in [5.41, 5.74) is 3.08. The molecule has 1 aliphatic heterocycles. The fraction of sp³-hybridized carbons (Fsp3) is 0.348. The molecular weight excluding hydrogens is 848 g/mol. The number of amides is 2. The first kappa shape index (κ1) is 43.8. The Morgan fingerprint density at radius 1 is 0.794 bits per heavy atom. The number of rotatable bonds is 15. The number of phosphoric ester groups is 1. The van der Waals surface area contributed by atoms with Gasteiger partial charge in [0.15, 0.2) is 0 Å². The molecule has 4 aromatic carbocycles. The summed E-state index contributed by atoms with van der Waals surface area (Å²) >= 11 is 0. The minimum atomic E-state index is -4.86. The van der Waals surface area contributed by atoms with Gasteiger partial charge in [0.25, 0.3) is 5.91 Å². The van der Waals surface area contributed by atoms with Crippen LogP contribution in [0, 0.1) is 5.41 Å². The summed E-state index contributed by atoms with van der Waals surface area (Å²) in [5.74, 6) is -2.08. The van der Waals surface area contributed by atoms with E-state index in [0.29, 0.717) is 24.1 Å². The van der Waals surface area contributed by atoms with E-state index in [9.17, 15) is 32.2 Å². The third-order valence-corrected chi connectivity index (χ3v) is 14.8. The molecule has 2 aliphatic carbocycles. The van der Waals surface area contributed by atoms with E-state index < -0.39 is 47.4 Å². The van der Waals surface area contributed by atoms with Gasteiger partial charge in [-0.3, -0.25) is 14.1 Å². The van der Waals surface area contributed by atoms with E-state index in [1.807, 2.05) is 30.3 Å². The van der Waals surface area contributed by atoms with Gasteiger partial charge in [-0.15, -0.1) is 0 Å². The second-order valence-corrected chi connectivity index (χ2v) is 19.9. The van der Waals surface area contributed by atoms with Gasteiger partial charge in [0.05, 0.1) is 29.3 Å². The van der Waals surface area contributed by atoms with Gasteiger partial charge in [-0.1, -0.05) is 61.7 Å². The van der Waals surface area contributed by atoms with Crippen LogP contribution < -0.4 is 9.46 Å². The van der Waals surface area contributed by atoms with Gasteiger partial charge in [0.2, 0.25) is 5.91 Å². The molecule has 0 unspecified atom stereocenters. The number of fused-ring (bicyclic) bond motifs is 1. The first-order valence-electron chi connectivity index (χ1n) is 20.9. The normalized spacial score (nSPS) is 16.6. The van der Waals surface area contributed by atoms with Crippen molar-refractivity contribution in [3.63, 3.8) is 0 Å². The van der Waals surface area contributed by atoms with Crippen LogP contribution in [-0.2, 0) is 39.7 Å². The molecule has 0 bridgehead atoms. The summed E-state index contributed by atoms with van der Waals surface area (Å²) in [6.45, 7) is 0.236. The fourth-order valence-corrected chi connectivity index (χ4v) is 10.2. The van der Waals surface area contributed by atoms with Crippen LogP contribution >= 0.6 is 7.82 Å². The summed E-state index contributed by atoms with van der Waals surface area (Å²) < 4.78 is 66.5. The number of aromatic nitrogens is 1. The van der Waals surface area contributed by atoms with Crippen molar-refractivity contribution in [3.8, 4) is 17.0 Å². The Labute approximate surface area is 366 Å². The number of carbonyl (C=O) groups is 4. The van der Waals surface area contributed by atoms with E-state index in [4.69, 9.17) is 18.3 Å². The number of carbonyl (C=O) groups excluding carboxylic acids is 4. The number of hydrogen-bond acceptors (Lipinski definition) is 11. The molecule has 2 heterocycles. The van der Waals surface area contributed by atoms with E-state index in [1.165, 1.54) is 38.4 Å². The van der Waals surface area contributed by atoms with E-state index in [2.05, 4.69) is 9.29 Å². The molecule has 330 valence electrons. The molecule has 3 fully saturated rings. The van der Waals surface area contributed by atoms with E-state index in [0.717, 1.165) is 58.6 Å². The number of methoxy groups -OCH3 is 1. The van der Waals surface area contributed by atoms with Crippen LogP contribution in [0.15, 0.2) is 103 Å². The molecule has 15 nitrogen and oxygen atoms in total. The summed E-state index contributed by atoms with van der Waals surface area (Å²) in [7, 11) is -4.67. The van der Waals surface area contributed by atoms with Crippen LogP contribution in [-0.4, -0.2) is 86.3 Å². The second-order valence-electron chi connectivity index (χ2n) is 16.5.